The number of carbonyl (C=O) groups is 2. The highest BCUT2D eigenvalue weighted by Gasteiger charge is 2.39. The number of fused-ring (bicyclic) bond motifs is 1. The predicted molar refractivity (Wildman–Crippen MR) is 150 cm³/mol. The summed E-state index contributed by atoms with van der Waals surface area (Å²) in [6.07, 6.45) is 1.92. The molecule has 6 heteroatoms. The summed E-state index contributed by atoms with van der Waals surface area (Å²) >= 11 is 0. The Hall–Kier alpha value is -4.84. The summed E-state index contributed by atoms with van der Waals surface area (Å²) in [5.74, 6) is 1.03. The lowest BCUT2D eigenvalue weighted by Crippen LogP contribution is -2.26. The van der Waals surface area contributed by atoms with E-state index in [2.05, 4.69) is 0 Å². The first-order chi connectivity index (χ1) is 19.1. The molecule has 39 heavy (non-hydrogen) atoms. The van der Waals surface area contributed by atoms with Crippen molar-refractivity contribution in [2.45, 2.75) is 12.0 Å². The smallest absolute Gasteiger partial charge is 0.174 e. The van der Waals surface area contributed by atoms with Crippen molar-refractivity contribution in [1.82, 2.24) is 0 Å². The number of hydrogen-bond acceptors (Lipinski definition) is 6. The van der Waals surface area contributed by atoms with Gasteiger partial charge in [0, 0.05) is 22.3 Å². The minimum Gasteiger partial charge on any atom is -0.497 e. The fourth-order valence-corrected chi connectivity index (χ4v) is 4.95. The Kier molecular flexibility index (Phi) is 7.46. The number of aldehydes is 1. The minimum absolute atomic E-state index is 0.188. The van der Waals surface area contributed by atoms with Crippen molar-refractivity contribution in [3.05, 3.63) is 124 Å². The molecule has 0 fully saturated rings. The van der Waals surface area contributed by atoms with Crippen LogP contribution in [0.2, 0.25) is 0 Å². The molecule has 0 N–H and O–H groups in total. The van der Waals surface area contributed by atoms with Crippen molar-refractivity contribution < 1.29 is 28.5 Å². The van der Waals surface area contributed by atoms with Crippen molar-refractivity contribution in [3.63, 3.8) is 0 Å². The Morgan fingerprint density at radius 2 is 1.49 bits per heavy atom. The molecule has 1 heterocycles. The van der Waals surface area contributed by atoms with Crippen LogP contribution in [0.5, 0.6) is 17.2 Å². The lowest BCUT2D eigenvalue weighted by molar-refractivity contribution is 0.0798. The first-order valence-corrected chi connectivity index (χ1v) is 12.5. The summed E-state index contributed by atoms with van der Waals surface area (Å²) in [5.41, 5.74) is 3.84. The fraction of sp³-hybridized carbons (Fsp3) is 0.152. The highest BCUT2D eigenvalue weighted by molar-refractivity contribution is 6.03. The van der Waals surface area contributed by atoms with E-state index in [9.17, 15) is 9.59 Å². The molecule has 6 nitrogen and oxygen atoms in total. The van der Waals surface area contributed by atoms with Crippen molar-refractivity contribution in [1.29, 1.82) is 0 Å². The molecule has 0 aromatic heterocycles. The van der Waals surface area contributed by atoms with Gasteiger partial charge in [-0.15, -0.1) is 0 Å². The van der Waals surface area contributed by atoms with E-state index in [1.807, 2.05) is 72.8 Å². The van der Waals surface area contributed by atoms with Gasteiger partial charge in [0.05, 0.1) is 27.2 Å². The molecule has 0 saturated carbocycles. The quantitative estimate of drug-likeness (QED) is 0.179. The van der Waals surface area contributed by atoms with Gasteiger partial charge in [0.2, 0.25) is 0 Å². The van der Waals surface area contributed by atoms with Crippen LogP contribution >= 0.6 is 0 Å². The summed E-state index contributed by atoms with van der Waals surface area (Å²) in [6.45, 7) is 0. The van der Waals surface area contributed by atoms with Crippen LogP contribution in [0.4, 0.5) is 0 Å². The highest BCUT2D eigenvalue weighted by Crippen LogP contribution is 2.47. The van der Waals surface area contributed by atoms with Crippen LogP contribution in [-0.4, -0.2) is 33.4 Å². The van der Waals surface area contributed by atoms with Crippen LogP contribution in [0.25, 0.3) is 11.8 Å². The Bertz CT molecular complexity index is 1530. The molecule has 4 aromatic carbocycles. The van der Waals surface area contributed by atoms with E-state index >= 15 is 0 Å². The van der Waals surface area contributed by atoms with Crippen LogP contribution in [0.3, 0.4) is 0 Å². The fourth-order valence-electron chi connectivity index (χ4n) is 4.95. The van der Waals surface area contributed by atoms with Gasteiger partial charge in [0.25, 0.3) is 0 Å². The molecule has 2 atom stereocenters. The van der Waals surface area contributed by atoms with Gasteiger partial charge in [0.1, 0.15) is 23.9 Å². The van der Waals surface area contributed by atoms with Gasteiger partial charge in [-0.3, -0.25) is 9.59 Å². The number of ketones is 1. The Morgan fingerprint density at radius 3 is 2.13 bits per heavy atom. The Labute approximate surface area is 227 Å². The molecule has 1 aliphatic rings. The van der Waals surface area contributed by atoms with Crippen molar-refractivity contribution >= 4 is 23.9 Å². The average Bonchev–Trinajstić information content (AvgIpc) is 3.01. The van der Waals surface area contributed by atoms with Gasteiger partial charge in [-0.05, 0) is 41.5 Å². The van der Waals surface area contributed by atoms with Crippen LogP contribution in [0.15, 0.2) is 91.0 Å². The summed E-state index contributed by atoms with van der Waals surface area (Å²) in [4.78, 5) is 26.7. The predicted octanol–water partition coefficient (Wildman–Crippen LogP) is 6.76. The molecule has 5 rings (SSSR count). The largest absolute Gasteiger partial charge is 0.497 e. The number of ether oxygens (including phenoxy) is 4. The van der Waals surface area contributed by atoms with E-state index < -0.39 is 12.0 Å². The first kappa shape index (κ1) is 25.8. The van der Waals surface area contributed by atoms with Gasteiger partial charge in [-0.25, -0.2) is 0 Å². The standard InChI is InChI=1S/C33H28O6/c1-36-25-14-15-26-23(16-25)17-28(21-10-6-4-7-11-21)39-33(26)31(32(35)22-12-8-5-9-13-22)27-19-30(38-3)29(37-2)18-24(27)20-34/h4-20,31,33H,1-3H3. The number of methoxy groups -OCH3 is 3. The van der Waals surface area contributed by atoms with E-state index in [4.69, 9.17) is 18.9 Å². The van der Waals surface area contributed by atoms with Crippen molar-refractivity contribution in [2.75, 3.05) is 21.3 Å². The molecule has 0 saturated heterocycles. The first-order valence-electron chi connectivity index (χ1n) is 12.5. The molecule has 4 aromatic rings. The van der Waals surface area contributed by atoms with Crippen LogP contribution in [0, 0.1) is 0 Å². The number of hydrogen-bond donors (Lipinski definition) is 0. The lowest BCUT2D eigenvalue weighted by atomic mass is 9.79. The normalized spacial score (nSPS) is 14.7. The molecule has 0 aliphatic carbocycles. The van der Waals surface area contributed by atoms with E-state index in [1.54, 1.807) is 31.4 Å². The van der Waals surface area contributed by atoms with Crippen LogP contribution < -0.4 is 14.2 Å². The SMILES string of the molecule is COc1ccc2c(c1)C=C(c1ccccc1)OC2C(C(=O)c1ccccc1)c1cc(OC)c(OC)cc1C=O. The van der Waals surface area contributed by atoms with E-state index in [-0.39, 0.29) is 5.78 Å². The zero-order valence-electron chi connectivity index (χ0n) is 21.9. The number of rotatable bonds is 9. The summed E-state index contributed by atoms with van der Waals surface area (Å²) < 4.78 is 23.2. The molecule has 0 bridgehead atoms. The second-order valence-electron chi connectivity index (χ2n) is 9.07. The molecular formula is C33H28O6. The number of benzene rings is 4. The topological polar surface area (TPSA) is 71.1 Å². The number of Topliss-reactive ketones (excluding diaryl/α,β-unsaturated/α-hetero) is 1. The maximum atomic E-state index is 14.3. The molecule has 0 radical (unpaired) electrons. The van der Waals surface area contributed by atoms with Gasteiger partial charge in [0.15, 0.2) is 17.3 Å². The van der Waals surface area contributed by atoms with Crippen LogP contribution in [-0.2, 0) is 4.74 Å². The lowest BCUT2D eigenvalue weighted by Gasteiger charge is -2.34. The van der Waals surface area contributed by atoms with Crippen LogP contribution in [0.1, 0.15) is 55.0 Å². The van der Waals surface area contributed by atoms with E-state index in [0.29, 0.717) is 39.7 Å². The van der Waals surface area contributed by atoms with Gasteiger partial charge >= 0.3 is 0 Å². The molecule has 2 unspecified atom stereocenters. The van der Waals surface area contributed by atoms with E-state index in [1.165, 1.54) is 14.2 Å². The molecule has 0 amide bonds. The maximum Gasteiger partial charge on any atom is 0.174 e. The van der Waals surface area contributed by atoms with Gasteiger partial charge < -0.3 is 18.9 Å². The Balaban J connectivity index is 1.76. The molecular weight excluding hydrogens is 492 g/mol. The van der Waals surface area contributed by atoms with Gasteiger partial charge in [-0.1, -0.05) is 66.7 Å². The zero-order valence-corrected chi connectivity index (χ0v) is 21.9. The summed E-state index contributed by atoms with van der Waals surface area (Å²) in [5, 5.41) is 0. The highest BCUT2D eigenvalue weighted by atomic mass is 16.5. The average molecular weight is 521 g/mol. The second-order valence-corrected chi connectivity index (χ2v) is 9.07. The third-order valence-electron chi connectivity index (χ3n) is 6.89. The monoisotopic (exact) mass is 520 g/mol. The second kappa shape index (κ2) is 11.3. The van der Waals surface area contributed by atoms with E-state index in [0.717, 1.165) is 23.0 Å². The third kappa shape index (κ3) is 5.01. The maximum absolute atomic E-state index is 14.3. The Morgan fingerprint density at radius 1 is 0.821 bits per heavy atom. The molecule has 196 valence electrons. The van der Waals surface area contributed by atoms with Gasteiger partial charge in [-0.2, -0.15) is 0 Å². The number of carbonyl (C=O) groups excluding carboxylic acids is 2. The minimum atomic E-state index is -0.882. The third-order valence-corrected chi connectivity index (χ3v) is 6.89. The zero-order chi connectivity index (χ0) is 27.4. The van der Waals surface area contributed by atoms with Crippen molar-refractivity contribution in [2.24, 2.45) is 0 Å². The molecule has 1 aliphatic heterocycles. The summed E-state index contributed by atoms with van der Waals surface area (Å²) in [6, 6.07) is 27.7. The summed E-state index contributed by atoms with van der Waals surface area (Å²) in [7, 11) is 4.64. The van der Waals surface area contributed by atoms with Crippen molar-refractivity contribution in [3.8, 4) is 17.2 Å². The molecule has 0 spiro atoms.